The molecular formula is C25H14O5. The fourth-order valence-electron chi connectivity index (χ4n) is 4.93. The molecule has 0 amide bonds. The van der Waals surface area contributed by atoms with E-state index in [1.807, 2.05) is 37.3 Å². The highest BCUT2D eigenvalue weighted by Gasteiger charge is 2.59. The highest BCUT2D eigenvalue weighted by Crippen LogP contribution is 2.66. The van der Waals surface area contributed by atoms with Gasteiger partial charge in [0.05, 0.1) is 11.1 Å². The van der Waals surface area contributed by atoms with Gasteiger partial charge in [-0.1, -0.05) is 18.2 Å². The van der Waals surface area contributed by atoms with Gasteiger partial charge in [0.2, 0.25) is 0 Å². The van der Waals surface area contributed by atoms with Gasteiger partial charge in [-0.15, -0.1) is 6.42 Å². The van der Waals surface area contributed by atoms with Gasteiger partial charge in [-0.2, -0.15) is 0 Å². The Bertz CT molecular complexity index is 1450. The number of aryl methyl sites for hydroxylation is 1. The SMILES string of the molecule is C#C/C(O)=C\c1c(C)ccc2c1C13OC(=O)C=C1c1c(O)ccc4ccc(c3c14)O2. The minimum Gasteiger partial charge on any atom is -0.507 e. The summed E-state index contributed by atoms with van der Waals surface area (Å²) >= 11 is 0. The summed E-state index contributed by atoms with van der Waals surface area (Å²) in [5.41, 5.74) is 2.53. The number of carbonyl (C=O) groups excluding carboxylic acids is 1. The van der Waals surface area contributed by atoms with Crippen molar-refractivity contribution in [3.8, 4) is 29.6 Å². The molecule has 2 heterocycles. The summed E-state index contributed by atoms with van der Waals surface area (Å²) in [6.07, 6.45) is 8.27. The zero-order chi connectivity index (χ0) is 20.8. The molecule has 0 radical (unpaired) electrons. The van der Waals surface area contributed by atoms with Gasteiger partial charge < -0.3 is 19.7 Å². The number of terminal acetylenes is 1. The first-order valence-electron chi connectivity index (χ1n) is 9.39. The highest BCUT2D eigenvalue weighted by molar-refractivity contribution is 6.16. The quantitative estimate of drug-likeness (QED) is 0.356. The molecule has 6 rings (SSSR count). The Hall–Kier alpha value is -4.17. The normalized spacial score (nSPS) is 20.2. The molecular weight excluding hydrogens is 380 g/mol. The van der Waals surface area contributed by atoms with Crippen molar-refractivity contribution in [3.05, 3.63) is 76.1 Å². The summed E-state index contributed by atoms with van der Waals surface area (Å²) in [4.78, 5) is 12.6. The summed E-state index contributed by atoms with van der Waals surface area (Å²) in [5, 5.41) is 22.5. The van der Waals surface area contributed by atoms with E-state index < -0.39 is 11.6 Å². The summed E-state index contributed by atoms with van der Waals surface area (Å²) in [7, 11) is 0. The van der Waals surface area contributed by atoms with E-state index in [1.165, 1.54) is 12.2 Å². The largest absolute Gasteiger partial charge is 0.507 e. The third-order valence-electron chi connectivity index (χ3n) is 6.07. The van der Waals surface area contributed by atoms with Crippen molar-refractivity contribution < 1.29 is 24.5 Å². The number of carbonyl (C=O) groups is 1. The molecule has 3 aromatic carbocycles. The number of hydrogen-bond acceptors (Lipinski definition) is 5. The van der Waals surface area contributed by atoms with Crippen LogP contribution in [0.25, 0.3) is 22.4 Å². The molecule has 1 unspecified atom stereocenters. The molecule has 0 bridgehead atoms. The van der Waals surface area contributed by atoms with Gasteiger partial charge >= 0.3 is 5.97 Å². The number of ether oxygens (including phenoxy) is 2. The zero-order valence-corrected chi connectivity index (χ0v) is 15.8. The fraction of sp³-hybridized carbons (Fsp3) is 0.0800. The maximum absolute atomic E-state index is 12.6. The number of benzene rings is 3. The zero-order valence-electron chi connectivity index (χ0n) is 15.8. The monoisotopic (exact) mass is 394 g/mol. The first kappa shape index (κ1) is 16.8. The number of aliphatic hydroxyl groups is 1. The van der Waals surface area contributed by atoms with Crippen LogP contribution in [0.2, 0.25) is 0 Å². The van der Waals surface area contributed by atoms with E-state index in [-0.39, 0.29) is 11.5 Å². The van der Waals surface area contributed by atoms with E-state index in [4.69, 9.17) is 15.9 Å². The molecule has 1 aliphatic carbocycles. The van der Waals surface area contributed by atoms with Crippen molar-refractivity contribution in [2.75, 3.05) is 0 Å². The molecule has 5 heteroatoms. The smallest absolute Gasteiger partial charge is 0.332 e. The second-order valence-corrected chi connectivity index (χ2v) is 7.60. The molecule has 1 spiro atoms. The summed E-state index contributed by atoms with van der Waals surface area (Å²) in [5.74, 6) is 2.58. The summed E-state index contributed by atoms with van der Waals surface area (Å²) < 4.78 is 12.2. The van der Waals surface area contributed by atoms with Crippen molar-refractivity contribution in [2.45, 2.75) is 12.5 Å². The Morgan fingerprint density at radius 2 is 1.87 bits per heavy atom. The molecule has 3 aromatic rings. The van der Waals surface area contributed by atoms with Crippen molar-refractivity contribution >= 4 is 28.4 Å². The first-order valence-corrected chi connectivity index (χ1v) is 9.39. The molecule has 30 heavy (non-hydrogen) atoms. The van der Waals surface area contributed by atoms with Crippen LogP contribution < -0.4 is 4.74 Å². The van der Waals surface area contributed by atoms with Crippen LogP contribution in [0.5, 0.6) is 17.2 Å². The van der Waals surface area contributed by atoms with Crippen LogP contribution in [0.1, 0.15) is 27.8 Å². The Morgan fingerprint density at radius 1 is 1.13 bits per heavy atom. The van der Waals surface area contributed by atoms with E-state index in [1.54, 1.807) is 6.07 Å². The summed E-state index contributed by atoms with van der Waals surface area (Å²) in [6.45, 7) is 1.88. The number of esters is 1. The lowest BCUT2D eigenvalue weighted by Crippen LogP contribution is -2.32. The van der Waals surface area contributed by atoms with Crippen molar-refractivity contribution in [1.82, 2.24) is 0 Å². The van der Waals surface area contributed by atoms with E-state index >= 15 is 0 Å². The number of rotatable bonds is 1. The van der Waals surface area contributed by atoms with E-state index in [0.717, 1.165) is 16.3 Å². The van der Waals surface area contributed by atoms with Crippen LogP contribution in [0, 0.1) is 19.3 Å². The minimum atomic E-state index is -1.28. The third-order valence-corrected chi connectivity index (χ3v) is 6.07. The van der Waals surface area contributed by atoms with Gasteiger partial charge in [-0.3, -0.25) is 0 Å². The van der Waals surface area contributed by atoms with E-state index in [9.17, 15) is 15.0 Å². The Morgan fingerprint density at radius 3 is 2.67 bits per heavy atom. The van der Waals surface area contributed by atoms with Crippen LogP contribution in [0.3, 0.4) is 0 Å². The Kier molecular flexibility index (Phi) is 2.93. The molecule has 144 valence electrons. The van der Waals surface area contributed by atoms with Crippen molar-refractivity contribution in [1.29, 1.82) is 0 Å². The third kappa shape index (κ3) is 1.77. The standard InChI is InChI=1S/C25H14O5/c1-3-14(26)10-15-12(2)4-8-18-23(15)25-16(11-20(28)30-25)22-17(27)7-5-13-6-9-19(29-18)24(25)21(13)22/h1,4-11,26-27H,2H3/b14-10+. The van der Waals surface area contributed by atoms with Gasteiger partial charge in [0.15, 0.2) is 11.4 Å². The lowest BCUT2D eigenvalue weighted by Gasteiger charge is -2.36. The van der Waals surface area contributed by atoms with Crippen LogP contribution in [-0.4, -0.2) is 16.2 Å². The average molecular weight is 394 g/mol. The Balaban J connectivity index is 1.83. The number of fused-ring (bicyclic) bond motifs is 2. The number of aromatic hydroxyl groups is 1. The lowest BCUT2D eigenvalue weighted by molar-refractivity contribution is -0.143. The minimum absolute atomic E-state index is 0.0620. The maximum atomic E-state index is 12.6. The average Bonchev–Trinajstić information content (AvgIpc) is 3.20. The predicted octanol–water partition coefficient (Wildman–Crippen LogP) is 4.69. The van der Waals surface area contributed by atoms with Crippen LogP contribution >= 0.6 is 0 Å². The van der Waals surface area contributed by atoms with Crippen molar-refractivity contribution in [2.24, 2.45) is 0 Å². The fourth-order valence-corrected chi connectivity index (χ4v) is 4.93. The van der Waals surface area contributed by atoms with Gasteiger partial charge in [-0.25, -0.2) is 4.79 Å². The number of aliphatic hydroxyl groups excluding tert-OH is 1. The molecule has 2 aliphatic heterocycles. The molecule has 1 atom stereocenters. The second-order valence-electron chi connectivity index (χ2n) is 7.60. The topological polar surface area (TPSA) is 76.0 Å². The Labute approximate surface area is 171 Å². The maximum Gasteiger partial charge on any atom is 0.332 e. The second kappa shape index (κ2) is 5.25. The first-order chi connectivity index (χ1) is 14.5. The van der Waals surface area contributed by atoms with Crippen molar-refractivity contribution in [3.63, 3.8) is 0 Å². The number of hydrogen-bond donors (Lipinski definition) is 2. The number of allylic oxidation sites excluding steroid dienone is 1. The summed E-state index contributed by atoms with van der Waals surface area (Å²) in [6, 6.07) is 10.9. The molecule has 2 N–H and O–H groups in total. The van der Waals surface area contributed by atoms with Crippen LogP contribution in [0.15, 0.2) is 48.2 Å². The van der Waals surface area contributed by atoms with E-state index in [0.29, 0.717) is 39.3 Å². The van der Waals surface area contributed by atoms with E-state index in [2.05, 4.69) is 5.92 Å². The van der Waals surface area contributed by atoms with Crippen LogP contribution in [0.4, 0.5) is 0 Å². The molecule has 0 aromatic heterocycles. The number of phenolic OH excluding ortho intramolecular Hbond substituents is 1. The molecule has 0 saturated heterocycles. The molecule has 3 aliphatic rings. The van der Waals surface area contributed by atoms with Gasteiger partial charge in [0.25, 0.3) is 0 Å². The van der Waals surface area contributed by atoms with Crippen LogP contribution in [-0.2, 0) is 15.1 Å². The highest BCUT2D eigenvalue weighted by atomic mass is 16.6. The van der Waals surface area contributed by atoms with Gasteiger partial charge in [0.1, 0.15) is 17.2 Å². The number of phenols is 1. The molecule has 5 nitrogen and oxygen atoms in total. The van der Waals surface area contributed by atoms with Gasteiger partial charge in [0, 0.05) is 22.6 Å². The van der Waals surface area contributed by atoms with Gasteiger partial charge in [-0.05, 0) is 53.6 Å². The lowest BCUT2D eigenvalue weighted by atomic mass is 9.78. The predicted molar refractivity (Wildman–Crippen MR) is 111 cm³/mol. The molecule has 0 fully saturated rings. The molecule has 0 saturated carbocycles.